The van der Waals surface area contributed by atoms with Crippen LogP contribution in [0.5, 0.6) is 5.75 Å². The van der Waals surface area contributed by atoms with Gasteiger partial charge in [0.25, 0.3) is 5.91 Å². The number of methoxy groups -OCH3 is 1. The second-order valence-corrected chi connectivity index (χ2v) is 10.5. The van der Waals surface area contributed by atoms with Gasteiger partial charge in [-0.2, -0.15) is 0 Å². The molecule has 1 amide bonds. The van der Waals surface area contributed by atoms with E-state index in [-0.39, 0.29) is 23.6 Å². The largest absolute Gasteiger partial charge is 0.496 e. The molecule has 6 nitrogen and oxygen atoms in total. The maximum Gasteiger partial charge on any atom is 0.338 e. The van der Waals surface area contributed by atoms with Crippen molar-refractivity contribution in [1.82, 2.24) is 4.90 Å². The molecule has 0 aromatic heterocycles. The van der Waals surface area contributed by atoms with E-state index >= 15 is 0 Å². The smallest absolute Gasteiger partial charge is 0.338 e. The normalized spacial score (nSPS) is 16.7. The zero-order chi connectivity index (χ0) is 27.2. The Morgan fingerprint density at radius 1 is 0.872 bits per heavy atom. The summed E-state index contributed by atoms with van der Waals surface area (Å²) in [5, 5.41) is 3.03. The Bertz CT molecular complexity index is 1290. The first kappa shape index (κ1) is 26.9. The van der Waals surface area contributed by atoms with Crippen LogP contribution in [0.3, 0.4) is 0 Å². The average molecular weight is 527 g/mol. The van der Waals surface area contributed by atoms with E-state index in [0.29, 0.717) is 11.6 Å². The summed E-state index contributed by atoms with van der Waals surface area (Å²) in [6, 6.07) is 21.7. The number of piperidine rings is 1. The summed E-state index contributed by atoms with van der Waals surface area (Å²) >= 11 is 0. The zero-order valence-corrected chi connectivity index (χ0v) is 22.9. The Balaban J connectivity index is 1.36. The predicted octanol–water partition coefficient (Wildman–Crippen LogP) is 6.91. The number of hydrogen-bond donors (Lipinski definition) is 1. The molecule has 1 saturated heterocycles. The number of amides is 1. The van der Waals surface area contributed by atoms with Crippen LogP contribution < -0.4 is 10.1 Å². The molecule has 0 atom stereocenters. The van der Waals surface area contributed by atoms with Crippen molar-refractivity contribution in [1.29, 1.82) is 0 Å². The monoisotopic (exact) mass is 526 g/mol. The number of carbonyl (C=O) groups is 2. The van der Waals surface area contributed by atoms with Gasteiger partial charge in [0.05, 0.1) is 24.8 Å². The molecule has 1 heterocycles. The Morgan fingerprint density at radius 2 is 1.62 bits per heavy atom. The van der Waals surface area contributed by atoms with E-state index in [4.69, 9.17) is 9.47 Å². The molecule has 0 bridgehead atoms. The van der Waals surface area contributed by atoms with Crippen molar-refractivity contribution in [3.63, 3.8) is 0 Å². The highest BCUT2D eigenvalue weighted by molar-refractivity contribution is 6.11. The third-order valence-electron chi connectivity index (χ3n) is 8.16. The minimum atomic E-state index is -0.509. The van der Waals surface area contributed by atoms with Gasteiger partial charge in [0, 0.05) is 11.7 Å². The number of carbonyl (C=O) groups excluding carboxylic acids is 2. The minimum Gasteiger partial charge on any atom is -0.496 e. The van der Waals surface area contributed by atoms with Crippen molar-refractivity contribution >= 4 is 17.6 Å². The fourth-order valence-corrected chi connectivity index (χ4v) is 6.10. The van der Waals surface area contributed by atoms with Gasteiger partial charge in [0.1, 0.15) is 5.75 Å². The number of hydrogen-bond acceptors (Lipinski definition) is 5. The van der Waals surface area contributed by atoms with Crippen LogP contribution in [-0.2, 0) is 4.74 Å². The van der Waals surface area contributed by atoms with E-state index < -0.39 is 5.97 Å². The van der Waals surface area contributed by atoms with Crippen LogP contribution in [0.25, 0.3) is 11.1 Å². The molecule has 2 aliphatic rings. The van der Waals surface area contributed by atoms with Crippen LogP contribution in [-0.4, -0.2) is 49.6 Å². The predicted molar refractivity (Wildman–Crippen MR) is 155 cm³/mol. The Morgan fingerprint density at radius 3 is 2.31 bits per heavy atom. The number of nitrogens with one attached hydrogen (secondary N) is 1. The molecular formula is C33H38N2O4. The Kier molecular flexibility index (Phi) is 8.62. The number of anilines is 1. The van der Waals surface area contributed by atoms with Crippen LogP contribution in [0, 0.1) is 0 Å². The number of ether oxygens (including phenoxy) is 2. The van der Waals surface area contributed by atoms with Gasteiger partial charge in [-0.25, -0.2) is 4.79 Å². The van der Waals surface area contributed by atoms with Crippen molar-refractivity contribution in [2.75, 3.05) is 32.1 Å². The molecule has 1 saturated carbocycles. The molecule has 3 aromatic rings. The van der Waals surface area contributed by atoms with E-state index in [0.717, 1.165) is 54.4 Å². The molecule has 5 rings (SSSR count). The van der Waals surface area contributed by atoms with Gasteiger partial charge in [-0.15, -0.1) is 0 Å². The second kappa shape index (κ2) is 12.5. The highest BCUT2D eigenvalue weighted by atomic mass is 16.5. The van der Waals surface area contributed by atoms with E-state index in [2.05, 4.69) is 10.2 Å². The summed E-state index contributed by atoms with van der Waals surface area (Å²) in [5.41, 5.74) is 4.18. The van der Waals surface area contributed by atoms with Gasteiger partial charge < -0.3 is 19.7 Å². The number of benzene rings is 3. The van der Waals surface area contributed by atoms with Crippen LogP contribution in [0.15, 0.2) is 66.7 Å². The van der Waals surface area contributed by atoms with Gasteiger partial charge in [0.2, 0.25) is 0 Å². The number of likely N-dealkylation sites (tertiary alicyclic amines) is 1. The lowest BCUT2D eigenvalue weighted by Gasteiger charge is -2.36. The molecule has 0 unspecified atom stereocenters. The summed E-state index contributed by atoms with van der Waals surface area (Å²) in [6.07, 6.45) is 7.53. The third-order valence-corrected chi connectivity index (χ3v) is 8.16. The first-order chi connectivity index (χ1) is 19.1. The van der Waals surface area contributed by atoms with Crippen LogP contribution in [0.4, 0.5) is 5.69 Å². The SMILES string of the molecule is CCOC(=O)c1cc(-c2ccccc2)ccc1C(=O)Nc1ccc(OC)c(C2CCN(C3CCCC3)CC2)c1. The molecule has 3 aromatic carbocycles. The quantitative estimate of drug-likeness (QED) is 0.323. The molecule has 0 spiro atoms. The summed E-state index contributed by atoms with van der Waals surface area (Å²) in [6.45, 7) is 4.20. The highest BCUT2D eigenvalue weighted by Gasteiger charge is 2.29. The summed E-state index contributed by atoms with van der Waals surface area (Å²) in [4.78, 5) is 29.0. The molecule has 204 valence electrons. The van der Waals surface area contributed by atoms with Crippen molar-refractivity contribution in [2.45, 2.75) is 57.4 Å². The first-order valence-electron chi connectivity index (χ1n) is 14.2. The third kappa shape index (κ3) is 6.17. The van der Waals surface area contributed by atoms with E-state index in [1.54, 1.807) is 26.2 Å². The fraction of sp³-hybridized carbons (Fsp3) is 0.394. The van der Waals surface area contributed by atoms with Gasteiger partial charge >= 0.3 is 5.97 Å². The van der Waals surface area contributed by atoms with Crippen molar-refractivity contribution < 1.29 is 19.1 Å². The van der Waals surface area contributed by atoms with Gasteiger partial charge in [-0.1, -0.05) is 49.2 Å². The summed E-state index contributed by atoms with van der Waals surface area (Å²) in [7, 11) is 1.70. The highest BCUT2D eigenvalue weighted by Crippen LogP contribution is 2.38. The molecule has 1 N–H and O–H groups in total. The van der Waals surface area contributed by atoms with E-state index in [1.165, 1.54) is 25.7 Å². The molecule has 1 aliphatic carbocycles. The van der Waals surface area contributed by atoms with Crippen LogP contribution in [0.1, 0.15) is 77.6 Å². The summed E-state index contributed by atoms with van der Waals surface area (Å²) in [5.74, 6) is 0.385. The van der Waals surface area contributed by atoms with Gasteiger partial charge in [-0.3, -0.25) is 4.79 Å². The molecule has 1 aliphatic heterocycles. The molecule has 39 heavy (non-hydrogen) atoms. The molecular weight excluding hydrogens is 488 g/mol. The topological polar surface area (TPSA) is 67.9 Å². The fourth-order valence-electron chi connectivity index (χ4n) is 6.10. The van der Waals surface area contributed by atoms with Crippen molar-refractivity contribution in [2.24, 2.45) is 0 Å². The van der Waals surface area contributed by atoms with Gasteiger partial charge in [-0.05, 0) is 98.6 Å². The average Bonchev–Trinajstić information content (AvgIpc) is 3.53. The van der Waals surface area contributed by atoms with E-state index in [1.807, 2.05) is 54.6 Å². The zero-order valence-electron chi connectivity index (χ0n) is 22.9. The minimum absolute atomic E-state index is 0.233. The number of nitrogens with zero attached hydrogens (tertiary/aromatic N) is 1. The van der Waals surface area contributed by atoms with Crippen LogP contribution >= 0.6 is 0 Å². The Labute approximate surface area is 231 Å². The lowest BCUT2D eigenvalue weighted by atomic mass is 9.87. The number of rotatable bonds is 8. The lowest BCUT2D eigenvalue weighted by molar-refractivity contribution is 0.0523. The molecule has 0 radical (unpaired) electrons. The molecule has 6 heteroatoms. The second-order valence-electron chi connectivity index (χ2n) is 10.5. The first-order valence-corrected chi connectivity index (χ1v) is 14.2. The van der Waals surface area contributed by atoms with Crippen molar-refractivity contribution in [3.05, 3.63) is 83.4 Å². The maximum absolute atomic E-state index is 13.5. The maximum atomic E-state index is 13.5. The Hall–Kier alpha value is -3.64. The lowest BCUT2D eigenvalue weighted by Crippen LogP contribution is -2.39. The van der Waals surface area contributed by atoms with Gasteiger partial charge in [0.15, 0.2) is 0 Å². The summed E-state index contributed by atoms with van der Waals surface area (Å²) < 4.78 is 11.0. The molecule has 2 fully saturated rings. The van der Waals surface area contributed by atoms with Crippen LogP contribution in [0.2, 0.25) is 0 Å². The standard InChI is InChI=1S/C33H38N2O4/c1-3-39-33(37)30-21-25(23-9-5-4-6-10-23)13-15-28(30)32(36)34-26-14-16-31(38-2)29(22-26)24-17-19-35(20-18-24)27-11-7-8-12-27/h4-6,9-10,13-16,21-22,24,27H,3,7-8,11-12,17-20H2,1-2H3,(H,34,36). The number of esters is 1. The van der Waals surface area contributed by atoms with E-state index in [9.17, 15) is 9.59 Å². The van der Waals surface area contributed by atoms with Crippen molar-refractivity contribution in [3.8, 4) is 16.9 Å².